The van der Waals surface area contributed by atoms with E-state index in [0.29, 0.717) is 16.2 Å². The molecular formula is C15H13ClFNO2S. The molecule has 3 nitrogen and oxygen atoms in total. The Morgan fingerprint density at radius 2 is 2.14 bits per heavy atom. The average Bonchev–Trinajstić information content (AvgIpc) is 2.39. The van der Waals surface area contributed by atoms with Gasteiger partial charge in [-0.25, -0.2) is 14.2 Å². The number of carbonyl (C=O) groups is 1. The number of aryl methyl sites for hydroxylation is 2. The SMILES string of the molecule is Cc1cc(C)c(C(=O)O)c(SCc2cccc(Cl)c2F)n1. The van der Waals surface area contributed by atoms with Crippen LogP contribution in [0.4, 0.5) is 4.39 Å². The molecule has 0 radical (unpaired) electrons. The van der Waals surface area contributed by atoms with Gasteiger partial charge in [0, 0.05) is 11.4 Å². The molecule has 21 heavy (non-hydrogen) atoms. The lowest BCUT2D eigenvalue weighted by molar-refractivity contribution is 0.0691. The summed E-state index contributed by atoms with van der Waals surface area (Å²) in [5.41, 5.74) is 1.95. The maximum absolute atomic E-state index is 13.8. The van der Waals surface area contributed by atoms with E-state index in [4.69, 9.17) is 11.6 Å². The number of halogens is 2. The Hall–Kier alpha value is -1.59. The van der Waals surface area contributed by atoms with Crippen molar-refractivity contribution in [2.75, 3.05) is 0 Å². The molecule has 0 unspecified atom stereocenters. The molecule has 1 N–H and O–H groups in total. The zero-order chi connectivity index (χ0) is 15.6. The van der Waals surface area contributed by atoms with Gasteiger partial charge in [-0.05, 0) is 37.1 Å². The highest BCUT2D eigenvalue weighted by Gasteiger charge is 2.17. The summed E-state index contributed by atoms with van der Waals surface area (Å²) in [6.07, 6.45) is 0. The fourth-order valence-electron chi connectivity index (χ4n) is 1.97. The van der Waals surface area contributed by atoms with Gasteiger partial charge in [-0.15, -0.1) is 11.8 Å². The minimum atomic E-state index is -1.03. The van der Waals surface area contributed by atoms with Crippen molar-refractivity contribution in [3.63, 3.8) is 0 Å². The first-order chi connectivity index (χ1) is 9.90. The molecule has 110 valence electrons. The molecule has 0 saturated heterocycles. The fraction of sp³-hybridized carbons (Fsp3) is 0.200. The third-order valence-corrected chi connectivity index (χ3v) is 4.24. The normalized spacial score (nSPS) is 10.7. The summed E-state index contributed by atoms with van der Waals surface area (Å²) < 4.78 is 13.8. The monoisotopic (exact) mass is 325 g/mol. The third kappa shape index (κ3) is 3.54. The zero-order valence-corrected chi connectivity index (χ0v) is 13.1. The molecule has 0 spiro atoms. The number of hydrogen-bond donors (Lipinski definition) is 1. The first-order valence-electron chi connectivity index (χ1n) is 6.17. The van der Waals surface area contributed by atoms with Gasteiger partial charge in [-0.2, -0.15) is 0 Å². The van der Waals surface area contributed by atoms with Crippen molar-refractivity contribution < 1.29 is 14.3 Å². The number of nitrogens with zero attached hydrogens (tertiary/aromatic N) is 1. The van der Waals surface area contributed by atoms with Gasteiger partial charge in [-0.3, -0.25) is 0 Å². The topological polar surface area (TPSA) is 50.2 Å². The van der Waals surface area contributed by atoms with Crippen molar-refractivity contribution in [3.05, 3.63) is 57.5 Å². The Kier molecular flexibility index (Phi) is 4.85. The summed E-state index contributed by atoms with van der Waals surface area (Å²) in [7, 11) is 0. The molecule has 0 saturated carbocycles. The lowest BCUT2D eigenvalue weighted by Gasteiger charge is -2.10. The average molecular weight is 326 g/mol. The number of aromatic nitrogens is 1. The highest BCUT2D eigenvalue weighted by Crippen LogP contribution is 2.29. The van der Waals surface area contributed by atoms with Crippen molar-refractivity contribution in [1.82, 2.24) is 4.98 Å². The van der Waals surface area contributed by atoms with Crippen molar-refractivity contribution >= 4 is 29.3 Å². The molecule has 0 atom stereocenters. The standard InChI is InChI=1S/C15H13ClFNO2S/c1-8-6-9(2)18-14(12(8)15(19)20)21-7-10-4-3-5-11(16)13(10)17/h3-6H,7H2,1-2H3,(H,19,20). The highest BCUT2D eigenvalue weighted by molar-refractivity contribution is 7.98. The Labute approximate surface area is 131 Å². The van der Waals surface area contributed by atoms with Crippen molar-refractivity contribution in [3.8, 4) is 0 Å². The van der Waals surface area contributed by atoms with Gasteiger partial charge >= 0.3 is 5.97 Å². The lowest BCUT2D eigenvalue weighted by Crippen LogP contribution is -2.05. The van der Waals surface area contributed by atoms with E-state index in [1.165, 1.54) is 17.8 Å². The van der Waals surface area contributed by atoms with Gasteiger partial charge in [-0.1, -0.05) is 23.7 Å². The molecule has 6 heteroatoms. The largest absolute Gasteiger partial charge is 0.478 e. The maximum Gasteiger partial charge on any atom is 0.338 e. The molecule has 0 amide bonds. The number of rotatable bonds is 4. The van der Waals surface area contributed by atoms with Crippen LogP contribution in [0.5, 0.6) is 0 Å². The number of carboxylic acid groups (broad SMARTS) is 1. The summed E-state index contributed by atoms with van der Waals surface area (Å²) in [5.74, 6) is -1.25. The second kappa shape index (κ2) is 6.45. The van der Waals surface area contributed by atoms with Gasteiger partial charge in [0.05, 0.1) is 10.6 Å². The van der Waals surface area contributed by atoms with Crippen LogP contribution in [-0.4, -0.2) is 16.1 Å². The molecule has 1 heterocycles. The number of carboxylic acids is 1. The number of benzene rings is 1. The predicted octanol–water partition coefficient (Wildman–Crippen LogP) is 4.48. The van der Waals surface area contributed by atoms with E-state index >= 15 is 0 Å². The second-order valence-corrected chi connectivity index (χ2v) is 5.94. The van der Waals surface area contributed by atoms with Crippen LogP contribution in [0.1, 0.15) is 27.2 Å². The maximum atomic E-state index is 13.8. The van der Waals surface area contributed by atoms with Crippen molar-refractivity contribution in [2.45, 2.75) is 24.6 Å². The summed E-state index contributed by atoms with van der Waals surface area (Å²) in [5, 5.41) is 9.73. The number of pyridine rings is 1. The lowest BCUT2D eigenvalue weighted by atomic mass is 10.1. The highest BCUT2D eigenvalue weighted by atomic mass is 35.5. The molecule has 1 aromatic heterocycles. The minimum Gasteiger partial charge on any atom is -0.478 e. The van der Waals surface area contributed by atoms with Crippen LogP contribution in [0.25, 0.3) is 0 Å². The summed E-state index contributed by atoms with van der Waals surface area (Å²) >= 11 is 6.92. The van der Waals surface area contributed by atoms with Crippen LogP contribution in [0, 0.1) is 19.7 Å². The Morgan fingerprint density at radius 1 is 1.43 bits per heavy atom. The van der Waals surface area contributed by atoms with Crippen molar-refractivity contribution in [1.29, 1.82) is 0 Å². The Morgan fingerprint density at radius 3 is 2.81 bits per heavy atom. The molecule has 0 aliphatic carbocycles. The van der Waals surface area contributed by atoms with Gasteiger partial charge in [0.25, 0.3) is 0 Å². The van der Waals surface area contributed by atoms with E-state index in [-0.39, 0.29) is 16.3 Å². The summed E-state index contributed by atoms with van der Waals surface area (Å²) in [6, 6.07) is 6.47. The summed E-state index contributed by atoms with van der Waals surface area (Å²) in [6.45, 7) is 3.52. The van der Waals surface area contributed by atoms with E-state index in [1.54, 1.807) is 32.0 Å². The molecule has 1 aromatic carbocycles. The van der Waals surface area contributed by atoms with E-state index in [0.717, 1.165) is 5.69 Å². The molecule has 0 fully saturated rings. The van der Waals surface area contributed by atoms with Gasteiger partial charge < -0.3 is 5.11 Å². The van der Waals surface area contributed by atoms with Gasteiger partial charge in [0.2, 0.25) is 0 Å². The summed E-state index contributed by atoms with van der Waals surface area (Å²) in [4.78, 5) is 15.6. The molecule has 0 aliphatic heterocycles. The van der Waals surface area contributed by atoms with E-state index in [2.05, 4.69) is 4.98 Å². The number of thioether (sulfide) groups is 1. The molecular weight excluding hydrogens is 313 g/mol. The first-order valence-corrected chi connectivity index (χ1v) is 7.53. The molecule has 0 bridgehead atoms. The second-order valence-electron chi connectivity index (χ2n) is 4.57. The number of aromatic carboxylic acids is 1. The zero-order valence-electron chi connectivity index (χ0n) is 11.5. The van der Waals surface area contributed by atoms with Crippen LogP contribution >= 0.6 is 23.4 Å². The number of hydrogen-bond acceptors (Lipinski definition) is 3. The fourth-order valence-corrected chi connectivity index (χ4v) is 3.28. The van der Waals surface area contributed by atoms with E-state index in [1.807, 2.05) is 0 Å². The van der Waals surface area contributed by atoms with Crippen LogP contribution in [0.3, 0.4) is 0 Å². The molecule has 2 aromatic rings. The van der Waals surface area contributed by atoms with Crippen molar-refractivity contribution in [2.24, 2.45) is 0 Å². The Balaban J connectivity index is 2.32. The minimum absolute atomic E-state index is 0.0555. The van der Waals surface area contributed by atoms with Crippen LogP contribution in [-0.2, 0) is 5.75 Å². The van der Waals surface area contributed by atoms with Crippen LogP contribution in [0.15, 0.2) is 29.3 Å². The molecule has 2 rings (SSSR count). The van der Waals surface area contributed by atoms with Crippen LogP contribution < -0.4 is 0 Å². The first kappa shape index (κ1) is 15.8. The van der Waals surface area contributed by atoms with E-state index in [9.17, 15) is 14.3 Å². The van der Waals surface area contributed by atoms with Gasteiger partial charge in [0.1, 0.15) is 10.8 Å². The quantitative estimate of drug-likeness (QED) is 0.842. The predicted molar refractivity (Wildman–Crippen MR) is 81.6 cm³/mol. The third-order valence-electron chi connectivity index (χ3n) is 2.92. The smallest absolute Gasteiger partial charge is 0.338 e. The molecule has 0 aliphatic rings. The van der Waals surface area contributed by atoms with Crippen LogP contribution in [0.2, 0.25) is 5.02 Å². The Bertz CT molecular complexity index is 706. The van der Waals surface area contributed by atoms with Gasteiger partial charge in [0.15, 0.2) is 0 Å². The van der Waals surface area contributed by atoms with E-state index < -0.39 is 11.8 Å².